The van der Waals surface area contributed by atoms with Gasteiger partial charge in [0.25, 0.3) is 0 Å². The molecular weight excluding hydrogens is 254 g/mol. The van der Waals surface area contributed by atoms with Crippen molar-refractivity contribution in [3.63, 3.8) is 0 Å². The van der Waals surface area contributed by atoms with Crippen LogP contribution in [0.3, 0.4) is 0 Å². The predicted octanol–water partition coefficient (Wildman–Crippen LogP) is 3.94. The van der Waals surface area contributed by atoms with E-state index in [0.29, 0.717) is 5.92 Å². The van der Waals surface area contributed by atoms with E-state index >= 15 is 0 Å². The van der Waals surface area contributed by atoms with Gasteiger partial charge in [-0.05, 0) is 24.5 Å². The highest BCUT2D eigenvalue weighted by atomic mass is 35.5. The van der Waals surface area contributed by atoms with Gasteiger partial charge in [0.15, 0.2) is 0 Å². The van der Waals surface area contributed by atoms with Crippen molar-refractivity contribution in [2.45, 2.75) is 33.2 Å². The molecule has 0 fully saturated rings. The van der Waals surface area contributed by atoms with E-state index in [1.165, 1.54) is 17.7 Å². The van der Waals surface area contributed by atoms with Crippen LogP contribution in [0.2, 0.25) is 4.34 Å². The summed E-state index contributed by atoms with van der Waals surface area (Å²) >= 11 is 7.48. The van der Waals surface area contributed by atoms with Gasteiger partial charge < -0.3 is 10.1 Å². The van der Waals surface area contributed by atoms with Gasteiger partial charge in [0.1, 0.15) is 0 Å². The molecule has 17 heavy (non-hydrogen) atoms. The number of nitrogens with one attached hydrogen (secondary N) is 1. The van der Waals surface area contributed by atoms with E-state index < -0.39 is 0 Å². The Morgan fingerprint density at radius 3 is 2.94 bits per heavy atom. The van der Waals surface area contributed by atoms with Crippen molar-refractivity contribution in [2.75, 3.05) is 19.8 Å². The minimum Gasteiger partial charge on any atom is -0.380 e. The number of ether oxygens (including phenoxy) is 1. The average Bonchev–Trinajstić information content (AvgIpc) is 2.70. The van der Waals surface area contributed by atoms with Crippen molar-refractivity contribution in [3.05, 3.63) is 21.3 Å². The molecule has 1 aromatic rings. The van der Waals surface area contributed by atoms with E-state index in [2.05, 4.69) is 25.2 Å². The van der Waals surface area contributed by atoms with Crippen LogP contribution in [0.15, 0.2) is 12.1 Å². The lowest BCUT2D eigenvalue weighted by atomic mass is 10.1. The summed E-state index contributed by atoms with van der Waals surface area (Å²) in [5, 5.41) is 3.35. The third-order valence-corrected chi connectivity index (χ3v) is 3.77. The lowest BCUT2D eigenvalue weighted by molar-refractivity contribution is 0.103. The fourth-order valence-corrected chi connectivity index (χ4v) is 2.72. The highest BCUT2D eigenvalue weighted by Crippen LogP contribution is 2.20. The Hall–Kier alpha value is -0.0900. The van der Waals surface area contributed by atoms with E-state index in [0.717, 1.165) is 30.6 Å². The van der Waals surface area contributed by atoms with E-state index in [1.807, 2.05) is 6.07 Å². The first-order valence-electron chi connectivity index (χ1n) is 6.25. The van der Waals surface area contributed by atoms with E-state index in [9.17, 15) is 0 Å². The van der Waals surface area contributed by atoms with E-state index in [1.54, 1.807) is 11.3 Å². The maximum atomic E-state index is 5.85. The maximum absolute atomic E-state index is 5.85. The SMILES string of the molecule is CCCC(C)COCCNCc1ccc(Cl)s1. The summed E-state index contributed by atoms with van der Waals surface area (Å²) in [5.74, 6) is 0.677. The Kier molecular flexibility index (Phi) is 7.86. The molecule has 1 atom stereocenters. The fraction of sp³-hybridized carbons (Fsp3) is 0.692. The molecule has 0 spiro atoms. The number of halogens is 1. The van der Waals surface area contributed by atoms with Crippen LogP contribution in [-0.4, -0.2) is 19.8 Å². The smallest absolute Gasteiger partial charge is 0.0931 e. The quantitative estimate of drug-likeness (QED) is 0.689. The third kappa shape index (κ3) is 7.04. The third-order valence-electron chi connectivity index (χ3n) is 2.54. The molecule has 4 heteroatoms. The number of rotatable bonds is 9. The molecule has 1 N–H and O–H groups in total. The second kappa shape index (κ2) is 8.92. The normalized spacial score (nSPS) is 12.9. The number of thiophene rings is 1. The topological polar surface area (TPSA) is 21.3 Å². The van der Waals surface area contributed by atoms with Crippen molar-refractivity contribution >= 4 is 22.9 Å². The van der Waals surface area contributed by atoms with Gasteiger partial charge in [-0.15, -0.1) is 11.3 Å². The highest BCUT2D eigenvalue weighted by molar-refractivity contribution is 7.16. The van der Waals surface area contributed by atoms with Gasteiger partial charge in [0.05, 0.1) is 10.9 Å². The fourth-order valence-electron chi connectivity index (χ4n) is 1.66. The van der Waals surface area contributed by atoms with Gasteiger partial charge in [0, 0.05) is 24.6 Å². The first-order valence-corrected chi connectivity index (χ1v) is 7.44. The number of hydrogen-bond acceptors (Lipinski definition) is 3. The summed E-state index contributed by atoms with van der Waals surface area (Å²) in [6, 6.07) is 4.00. The molecule has 1 unspecified atom stereocenters. The molecule has 1 aromatic heterocycles. The second-order valence-corrected chi connectivity index (χ2v) is 6.15. The lowest BCUT2D eigenvalue weighted by Gasteiger charge is -2.10. The zero-order valence-corrected chi connectivity index (χ0v) is 12.2. The Balaban J connectivity index is 1.94. The molecular formula is C13H22ClNOS. The van der Waals surface area contributed by atoms with Gasteiger partial charge in [-0.25, -0.2) is 0 Å². The van der Waals surface area contributed by atoms with Gasteiger partial charge in [-0.2, -0.15) is 0 Å². The van der Waals surface area contributed by atoms with Crippen LogP contribution >= 0.6 is 22.9 Å². The monoisotopic (exact) mass is 275 g/mol. The van der Waals surface area contributed by atoms with Crippen molar-refractivity contribution in [2.24, 2.45) is 5.92 Å². The van der Waals surface area contributed by atoms with Crippen molar-refractivity contribution in [1.82, 2.24) is 5.32 Å². The summed E-state index contributed by atoms with van der Waals surface area (Å²) in [6.07, 6.45) is 2.49. The summed E-state index contributed by atoms with van der Waals surface area (Å²) in [7, 11) is 0. The molecule has 0 radical (unpaired) electrons. The molecule has 0 bridgehead atoms. The predicted molar refractivity (Wildman–Crippen MR) is 75.9 cm³/mol. The maximum Gasteiger partial charge on any atom is 0.0931 e. The molecule has 0 aliphatic rings. The Morgan fingerprint density at radius 1 is 1.47 bits per heavy atom. The van der Waals surface area contributed by atoms with Crippen LogP contribution in [0.4, 0.5) is 0 Å². The molecule has 0 aliphatic heterocycles. The van der Waals surface area contributed by atoms with Crippen LogP contribution in [0.5, 0.6) is 0 Å². The van der Waals surface area contributed by atoms with E-state index in [4.69, 9.17) is 16.3 Å². The zero-order valence-electron chi connectivity index (χ0n) is 10.7. The summed E-state index contributed by atoms with van der Waals surface area (Å²) in [5.41, 5.74) is 0. The van der Waals surface area contributed by atoms with Crippen LogP contribution in [-0.2, 0) is 11.3 Å². The molecule has 2 nitrogen and oxygen atoms in total. The Morgan fingerprint density at radius 2 is 2.29 bits per heavy atom. The molecule has 0 aromatic carbocycles. The standard InChI is InChI=1S/C13H22ClNOS/c1-3-4-11(2)10-16-8-7-15-9-12-5-6-13(14)17-12/h5-6,11,15H,3-4,7-10H2,1-2H3. The van der Waals surface area contributed by atoms with Crippen molar-refractivity contribution in [1.29, 1.82) is 0 Å². The molecule has 98 valence electrons. The summed E-state index contributed by atoms with van der Waals surface area (Å²) in [6.45, 7) is 7.89. The molecule has 0 amide bonds. The van der Waals surface area contributed by atoms with Crippen LogP contribution in [0, 0.1) is 5.92 Å². The van der Waals surface area contributed by atoms with Crippen molar-refractivity contribution < 1.29 is 4.74 Å². The zero-order chi connectivity index (χ0) is 12.5. The molecule has 1 heterocycles. The van der Waals surface area contributed by atoms with Gasteiger partial charge in [-0.1, -0.05) is 31.9 Å². The molecule has 0 saturated heterocycles. The average molecular weight is 276 g/mol. The van der Waals surface area contributed by atoms with Gasteiger partial charge in [-0.3, -0.25) is 0 Å². The molecule has 1 rings (SSSR count). The molecule has 0 aliphatic carbocycles. The first kappa shape index (κ1) is 15.0. The van der Waals surface area contributed by atoms with Crippen LogP contribution in [0.25, 0.3) is 0 Å². The molecule has 0 saturated carbocycles. The minimum atomic E-state index is 0.677. The van der Waals surface area contributed by atoms with E-state index in [-0.39, 0.29) is 0 Å². The summed E-state index contributed by atoms with van der Waals surface area (Å²) < 4.78 is 6.46. The lowest BCUT2D eigenvalue weighted by Crippen LogP contribution is -2.20. The van der Waals surface area contributed by atoms with Gasteiger partial charge >= 0.3 is 0 Å². The van der Waals surface area contributed by atoms with Crippen molar-refractivity contribution in [3.8, 4) is 0 Å². The minimum absolute atomic E-state index is 0.677. The first-order chi connectivity index (χ1) is 8.22. The van der Waals surface area contributed by atoms with Crippen LogP contribution in [0.1, 0.15) is 31.6 Å². The highest BCUT2D eigenvalue weighted by Gasteiger charge is 2.00. The summed E-state index contributed by atoms with van der Waals surface area (Å²) in [4.78, 5) is 1.27. The number of hydrogen-bond donors (Lipinski definition) is 1. The largest absolute Gasteiger partial charge is 0.380 e. The van der Waals surface area contributed by atoms with Gasteiger partial charge in [0.2, 0.25) is 0 Å². The Labute approximate surface area is 113 Å². The Bertz CT molecular complexity index is 303. The second-order valence-electron chi connectivity index (χ2n) is 4.35. The van der Waals surface area contributed by atoms with Crippen LogP contribution < -0.4 is 5.32 Å².